The van der Waals surface area contributed by atoms with Crippen molar-refractivity contribution in [1.82, 2.24) is 10.3 Å². The van der Waals surface area contributed by atoms with Gasteiger partial charge in [-0.2, -0.15) is 0 Å². The van der Waals surface area contributed by atoms with Gasteiger partial charge in [-0.25, -0.2) is 4.39 Å². The first kappa shape index (κ1) is 17.8. The molecule has 1 saturated carbocycles. The second-order valence-corrected chi connectivity index (χ2v) is 7.59. The lowest BCUT2D eigenvalue weighted by atomic mass is 10.0. The zero-order chi connectivity index (χ0) is 18.8. The Labute approximate surface area is 159 Å². The summed E-state index contributed by atoms with van der Waals surface area (Å²) in [6.45, 7) is 2.96. The number of para-hydroxylation sites is 1. The molecule has 1 aromatic heterocycles. The molecule has 0 spiro atoms. The van der Waals surface area contributed by atoms with Crippen LogP contribution in [0.3, 0.4) is 0 Å². The lowest BCUT2D eigenvalue weighted by molar-refractivity contribution is 0.0943. The van der Waals surface area contributed by atoms with Gasteiger partial charge in [0.15, 0.2) is 0 Å². The molecule has 1 aliphatic carbocycles. The van der Waals surface area contributed by atoms with Crippen LogP contribution in [0.15, 0.2) is 48.5 Å². The number of carbonyl (C=O) groups is 1. The van der Waals surface area contributed by atoms with Gasteiger partial charge in [0.25, 0.3) is 5.91 Å². The Morgan fingerprint density at radius 1 is 1.11 bits per heavy atom. The number of H-pyrrole nitrogens is 1. The first-order valence-corrected chi connectivity index (χ1v) is 9.80. The Morgan fingerprint density at radius 2 is 1.85 bits per heavy atom. The third-order valence-electron chi connectivity index (χ3n) is 5.84. The quantitative estimate of drug-likeness (QED) is 0.614. The summed E-state index contributed by atoms with van der Waals surface area (Å²) in [5, 5.41) is 4.10. The van der Waals surface area contributed by atoms with E-state index in [1.165, 1.54) is 37.8 Å². The Hall–Kier alpha value is -2.62. The highest BCUT2D eigenvalue weighted by atomic mass is 19.1. The van der Waals surface area contributed by atoms with Crippen LogP contribution in [0.5, 0.6) is 0 Å². The molecule has 0 radical (unpaired) electrons. The van der Waals surface area contributed by atoms with Crippen molar-refractivity contribution in [1.29, 1.82) is 0 Å². The van der Waals surface area contributed by atoms with E-state index in [1.807, 2.05) is 24.3 Å². The summed E-state index contributed by atoms with van der Waals surface area (Å²) in [5.41, 5.74) is 3.13. The van der Waals surface area contributed by atoms with Crippen molar-refractivity contribution < 1.29 is 9.18 Å². The number of rotatable bonds is 5. The van der Waals surface area contributed by atoms with Gasteiger partial charge < -0.3 is 10.3 Å². The number of amides is 1. The molecule has 3 nitrogen and oxygen atoms in total. The van der Waals surface area contributed by atoms with Gasteiger partial charge in [-0.05, 0) is 48.4 Å². The number of nitrogens with one attached hydrogen (secondary N) is 2. The smallest absolute Gasteiger partial charge is 0.268 e. The minimum atomic E-state index is -0.281. The van der Waals surface area contributed by atoms with Crippen molar-refractivity contribution in [2.75, 3.05) is 6.54 Å². The fourth-order valence-electron chi connectivity index (χ4n) is 4.29. The van der Waals surface area contributed by atoms with Gasteiger partial charge in [0.2, 0.25) is 0 Å². The van der Waals surface area contributed by atoms with Gasteiger partial charge in [0, 0.05) is 23.0 Å². The van der Waals surface area contributed by atoms with Crippen LogP contribution in [-0.2, 0) is 0 Å². The minimum Gasteiger partial charge on any atom is -0.350 e. The highest BCUT2D eigenvalue weighted by Crippen LogP contribution is 2.34. The third-order valence-corrected chi connectivity index (χ3v) is 5.84. The summed E-state index contributed by atoms with van der Waals surface area (Å²) >= 11 is 0. The van der Waals surface area contributed by atoms with Crippen molar-refractivity contribution in [3.63, 3.8) is 0 Å². The molecule has 2 atom stereocenters. The monoisotopic (exact) mass is 364 g/mol. The molecule has 1 amide bonds. The SMILES string of the molecule is CC[C@H]1CCC(CNC(=O)c2[nH]c3ccccc3c2-c2ccc(F)cc2)C1. The zero-order valence-corrected chi connectivity index (χ0v) is 15.6. The van der Waals surface area contributed by atoms with Crippen LogP contribution in [0.2, 0.25) is 0 Å². The average Bonchev–Trinajstić information content (AvgIpc) is 3.31. The van der Waals surface area contributed by atoms with Gasteiger partial charge in [0.05, 0.1) is 0 Å². The number of carbonyl (C=O) groups excluding carboxylic acids is 1. The van der Waals surface area contributed by atoms with Crippen molar-refractivity contribution in [2.45, 2.75) is 32.6 Å². The summed E-state index contributed by atoms with van der Waals surface area (Å²) in [6, 6.07) is 14.2. The Morgan fingerprint density at radius 3 is 2.59 bits per heavy atom. The largest absolute Gasteiger partial charge is 0.350 e. The molecule has 2 aromatic carbocycles. The van der Waals surface area contributed by atoms with Crippen molar-refractivity contribution in [3.05, 3.63) is 60.0 Å². The molecular weight excluding hydrogens is 339 g/mol. The first-order valence-electron chi connectivity index (χ1n) is 9.80. The third kappa shape index (κ3) is 3.61. The fourth-order valence-corrected chi connectivity index (χ4v) is 4.29. The van der Waals surface area contributed by atoms with Crippen LogP contribution < -0.4 is 5.32 Å². The molecule has 1 heterocycles. The van der Waals surface area contributed by atoms with Gasteiger partial charge in [-0.15, -0.1) is 0 Å². The van der Waals surface area contributed by atoms with E-state index in [1.54, 1.807) is 12.1 Å². The molecule has 4 heteroatoms. The van der Waals surface area contributed by atoms with Gasteiger partial charge in [-0.3, -0.25) is 4.79 Å². The molecule has 1 unspecified atom stereocenters. The molecule has 3 aromatic rings. The predicted molar refractivity (Wildman–Crippen MR) is 107 cm³/mol. The topological polar surface area (TPSA) is 44.9 Å². The lowest BCUT2D eigenvalue weighted by Crippen LogP contribution is -2.29. The summed E-state index contributed by atoms with van der Waals surface area (Å²) in [4.78, 5) is 16.2. The maximum absolute atomic E-state index is 13.4. The van der Waals surface area contributed by atoms with E-state index in [-0.39, 0.29) is 11.7 Å². The van der Waals surface area contributed by atoms with Crippen LogP contribution in [-0.4, -0.2) is 17.4 Å². The molecule has 140 valence electrons. The van der Waals surface area contributed by atoms with Gasteiger partial charge in [0.1, 0.15) is 11.5 Å². The summed E-state index contributed by atoms with van der Waals surface area (Å²) in [7, 11) is 0. The standard InChI is InChI=1S/C23H25FN2O/c1-2-15-7-8-16(13-15)14-25-23(27)22-21(17-9-11-18(24)12-10-17)19-5-3-4-6-20(19)26-22/h3-6,9-12,15-16,26H,2,7-8,13-14H2,1H3,(H,25,27)/t15-,16?/m0/s1. The summed E-state index contributed by atoms with van der Waals surface area (Å²) in [5.74, 6) is 0.995. The number of benzene rings is 2. The molecule has 0 saturated heterocycles. The molecule has 27 heavy (non-hydrogen) atoms. The van der Waals surface area contributed by atoms with Crippen LogP contribution in [0.25, 0.3) is 22.0 Å². The highest BCUT2D eigenvalue weighted by molar-refractivity contribution is 6.09. The summed E-state index contributed by atoms with van der Waals surface area (Å²) < 4.78 is 13.4. The molecule has 2 N–H and O–H groups in total. The summed E-state index contributed by atoms with van der Waals surface area (Å²) in [6.07, 6.45) is 4.88. The average molecular weight is 364 g/mol. The number of aromatic nitrogens is 1. The van der Waals surface area contributed by atoms with Crippen molar-refractivity contribution in [3.8, 4) is 11.1 Å². The van der Waals surface area contributed by atoms with E-state index in [0.717, 1.165) is 27.9 Å². The van der Waals surface area contributed by atoms with Crippen LogP contribution in [0, 0.1) is 17.7 Å². The van der Waals surface area contributed by atoms with Crippen LogP contribution in [0.4, 0.5) is 4.39 Å². The Bertz CT molecular complexity index is 945. The predicted octanol–water partition coefficient (Wildman–Crippen LogP) is 5.53. The number of aromatic amines is 1. The van der Waals surface area contributed by atoms with E-state index >= 15 is 0 Å². The molecule has 0 aliphatic heterocycles. The molecule has 4 rings (SSSR count). The number of halogens is 1. The van der Waals surface area contributed by atoms with E-state index in [9.17, 15) is 9.18 Å². The second kappa shape index (κ2) is 7.55. The molecule has 1 aliphatic rings. The van der Waals surface area contributed by atoms with Gasteiger partial charge >= 0.3 is 0 Å². The first-order chi connectivity index (χ1) is 13.2. The Balaban J connectivity index is 1.62. The Kier molecular flexibility index (Phi) is 4.97. The van der Waals surface area contributed by atoms with E-state index in [0.29, 0.717) is 18.2 Å². The second-order valence-electron chi connectivity index (χ2n) is 7.59. The van der Waals surface area contributed by atoms with E-state index in [4.69, 9.17) is 0 Å². The number of hydrogen-bond donors (Lipinski definition) is 2. The number of fused-ring (bicyclic) bond motifs is 1. The van der Waals surface area contributed by atoms with Gasteiger partial charge in [-0.1, -0.05) is 50.1 Å². The fraction of sp³-hybridized carbons (Fsp3) is 0.348. The molecular formula is C23H25FN2O. The van der Waals surface area contributed by atoms with Crippen LogP contribution >= 0.6 is 0 Å². The van der Waals surface area contributed by atoms with E-state index < -0.39 is 0 Å². The van der Waals surface area contributed by atoms with Crippen molar-refractivity contribution >= 4 is 16.8 Å². The highest BCUT2D eigenvalue weighted by Gasteiger charge is 2.25. The lowest BCUT2D eigenvalue weighted by Gasteiger charge is -2.12. The van der Waals surface area contributed by atoms with Crippen molar-refractivity contribution in [2.24, 2.45) is 11.8 Å². The van der Waals surface area contributed by atoms with E-state index in [2.05, 4.69) is 17.2 Å². The minimum absolute atomic E-state index is 0.0922. The molecule has 0 bridgehead atoms. The number of hydrogen-bond acceptors (Lipinski definition) is 1. The normalized spacial score (nSPS) is 19.5. The van der Waals surface area contributed by atoms with Crippen LogP contribution in [0.1, 0.15) is 43.1 Å². The maximum Gasteiger partial charge on any atom is 0.268 e. The maximum atomic E-state index is 13.4. The molecule has 1 fully saturated rings. The zero-order valence-electron chi connectivity index (χ0n) is 15.6.